The summed E-state index contributed by atoms with van der Waals surface area (Å²) in [7, 11) is 1.64. The van der Waals surface area contributed by atoms with Crippen LogP contribution < -0.4 is 15.0 Å². The second-order valence-electron chi connectivity index (χ2n) is 6.29. The molecule has 1 saturated heterocycles. The van der Waals surface area contributed by atoms with Crippen LogP contribution in [0.2, 0.25) is 0 Å². The standard InChI is InChI=1S/C19H25N3O2S/c1-24-17-7-5-15(6-8-17)13-18(23)20-10-9-16-14-25-19(21-16)22-11-3-2-4-12-22/h5-8,14H,2-4,9-13H2,1H3,(H,20,23). The average molecular weight is 359 g/mol. The summed E-state index contributed by atoms with van der Waals surface area (Å²) in [6, 6.07) is 7.59. The van der Waals surface area contributed by atoms with Crippen LogP contribution in [0.15, 0.2) is 29.6 Å². The Morgan fingerprint density at radius 1 is 1.24 bits per heavy atom. The van der Waals surface area contributed by atoms with Crippen molar-refractivity contribution in [2.45, 2.75) is 32.1 Å². The predicted octanol–water partition coefficient (Wildman–Crippen LogP) is 3.04. The van der Waals surface area contributed by atoms with Crippen LogP contribution in [0.5, 0.6) is 5.75 Å². The molecule has 0 bridgehead atoms. The Labute approximate surface area is 153 Å². The number of nitrogens with zero attached hydrogens (tertiary/aromatic N) is 2. The molecule has 6 heteroatoms. The van der Waals surface area contributed by atoms with Crippen LogP contribution in [0.3, 0.4) is 0 Å². The van der Waals surface area contributed by atoms with Gasteiger partial charge < -0.3 is 15.0 Å². The van der Waals surface area contributed by atoms with Crippen LogP contribution in [0, 0.1) is 0 Å². The number of carbonyl (C=O) groups is 1. The Bertz CT molecular complexity index is 678. The number of piperidine rings is 1. The first-order chi connectivity index (χ1) is 12.2. The third-order valence-corrected chi connectivity index (χ3v) is 5.34. The summed E-state index contributed by atoms with van der Waals surface area (Å²) in [6.07, 6.45) is 5.01. The van der Waals surface area contributed by atoms with E-state index in [4.69, 9.17) is 9.72 Å². The van der Waals surface area contributed by atoms with Crippen molar-refractivity contribution in [2.24, 2.45) is 0 Å². The number of anilines is 1. The maximum atomic E-state index is 12.0. The number of benzene rings is 1. The van der Waals surface area contributed by atoms with Crippen LogP contribution >= 0.6 is 11.3 Å². The molecule has 1 aliphatic rings. The summed E-state index contributed by atoms with van der Waals surface area (Å²) < 4.78 is 5.12. The molecule has 3 rings (SSSR count). The first-order valence-corrected chi connectivity index (χ1v) is 9.71. The van der Waals surface area contributed by atoms with Gasteiger partial charge in [-0.25, -0.2) is 4.98 Å². The summed E-state index contributed by atoms with van der Waals surface area (Å²) >= 11 is 1.71. The first kappa shape index (κ1) is 17.7. The van der Waals surface area contributed by atoms with Gasteiger partial charge in [0, 0.05) is 31.4 Å². The van der Waals surface area contributed by atoms with Crippen molar-refractivity contribution < 1.29 is 9.53 Å². The number of carbonyl (C=O) groups excluding carboxylic acids is 1. The minimum absolute atomic E-state index is 0.0386. The number of nitrogens with one attached hydrogen (secondary N) is 1. The van der Waals surface area contributed by atoms with E-state index in [-0.39, 0.29) is 5.91 Å². The van der Waals surface area contributed by atoms with E-state index in [0.717, 1.165) is 41.6 Å². The molecule has 25 heavy (non-hydrogen) atoms. The molecule has 0 radical (unpaired) electrons. The van der Waals surface area contributed by atoms with Crippen molar-refractivity contribution in [3.63, 3.8) is 0 Å². The predicted molar refractivity (Wildman–Crippen MR) is 102 cm³/mol. The van der Waals surface area contributed by atoms with Gasteiger partial charge in [0.15, 0.2) is 5.13 Å². The van der Waals surface area contributed by atoms with E-state index in [1.54, 1.807) is 18.4 Å². The molecule has 0 unspecified atom stereocenters. The Hall–Kier alpha value is -2.08. The van der Waals surface area contributed by atoms with Crippen LogP contribution in [0.25, 0.3) is 0 Å². The lowest BCUT2D eigenvalue weighted by Crippen LogP contribution is -2.29. The van der Waals surface area contributed by atoms with Crippen molar-refractivity contribution in [1.82, 2.24) is 10.3 Å². The topological polar surface area (TPSA) is 54.5 Å². The van der Waals surface area contributed by atoms with Crippen molar-refractivity contribution in [3.05, 3.63) is 40.9 Å². The van der Waals surface area contributed by atoms with E-state index < -0.39 is 0 Å². The molecule has 0 spiro atoms. The molecular weight excluding hydrogens is 334 g/mol. The summed E-state index contributed by atoms with van der Waals surface area (Å²) in [5.41, 5.74) is 2.05. The van der Waals surface area contributed by atoms with Crippen molar-refractivity contribution >= 4 is 22.4 Å². The van der Waals surface area contributed by atoms with Gasteiger partial charge in [-0.3, -0.25) is 4.79 Å². The number of amides is 1. The van der Waals surface area contributed by atoms with E-state index in [2.05, 4.69) is 15.6 Å². The number of hydrogen-bond acceptors (Lipinski definition) is 5. The van der Waals surface area contributed by atoms with Gasteiger partial charge in [0.05, 0.1) is 19.2 Å². The summed E-state index contributed by atoms with van der Waals surface area (Å²) in [6.45, 7) is 2.86. The van der Waals surface area contributed by atoms with Gasteiger partial charge in [-0.15, -0.1) is 11.3 Å². The molecule has 1 N–H and O–H groups in total. The van der Waals surface area contributed by atoms with E-state index in [0.29, 0.717) is 13.0 Å². The fourth-order valence-corrected chi connectivity index (χ4v) is 3.88. The second kappa shape index (κ2) is 8.85. The molecular formula is C19H25N3O2S. The number of ether oxygens (including phenoxy) is 1. The average Bonchev–Trinajstić information content (AvgIpc) is 3.12. The molecule has 1 aromatic heterocycles. The molecule has 2 heterocycles. The lowest BCUT2D eigenvalue weighted by Gasteiger charge is -2.25. The minimum Gasteiger partial charge on any atom is -0.497 e. The molecule has 0 aliphatic carbocycles. The monoisotopic (exact) mass is 359 g/mol. The lowest BCUT2D eigenvalue weighted by atomic mass is 10.1. The SMILES string of the molecule is COc1ccc(CC(=O)NCCc2csc(N3CCCCC3)n2)cc1. The molecule has 0 saturated carbocycles. The van der Waals surface area contributed by atoms with Crippen LogP contribution in [0.1, 0.15) is 30.5 Å². The minimum atomic E-state index is 0.0386. The highest BCUT2D eigenvalue weighted by atomic mass is 32.1. The Kier molecular flexibility index (Phi) is 6.28. The Morgan fingerprint density at radius 2 is 2.00 bits per heavy atom. The van der Waals surface area contributed by atoms with E-state index >= 15 is 0 Å². The third kappa shape index (κ3) is 5.19. The zero-order valence-corrected chi connectivity index (χ0v) is 15.5. The molecule has 0 atom stereocenters. The summed E-state index contributed by atoms with van der Waals surface area (Å²) in [5.74, 6) is 0.842. The van der Waals surface area contributed by atoms with Crippen molar-refractivity contribution in [2.75, 3.05) is 31.6 Å². The molecule has 1 aromatic carbocycles. The second-order valence-corrected chi connectivity index (χ2v) is 7.13. The first-order valence-electron chi connectivity index (χ1n) is 8.83. The number of thiazole rings is 1. The van der Waals surface area contributed by atoms with Crippen LogP contribution in [-0.2, 0) is 17.6 Å². The fourth-order valence-electron chi connectivity index (χ4n) is 2.96. The van der Waals surface area contributed by atoms with E-state index in [1.165, 1.54) is 19.3 Å². The van der Waals surface area contributed by atoms with Gasteiger partial charge in [0.2, 0.25) is 5.91 Å². The lowest BCUT2D eigenvalue weighted by molar-refractivity contribution is -0.120. The molecule has 1 fully saturated rings. The van der Waals surface area contributed by atoms with Gasteiger partial charge in [0.1, 0.15) is 5.75 Å². The summed E-state index contributed by atoms with van der Waals surface area (Å²) in [4.78, 5) is 19.1. The molecule has 1 aliphatic heterocycles. The molecule has 5 nitrogen and oxygen atoms in total. The molecule has 2 aromatic rings. The number of rotatable bonds is 7. The number of hydrogen-bond donors (Lipinski definition) is 1. The highest BCUT2D eigenvalue weighted by Gasteiger charge is 2.14. The zero-order chi connectivity index (χ0) is 17.5. The van der Waals surface area contributed by atoms with E-state index in [1.807, 2.05) is 24.3 Å². The van der Waals surface area contributed by atoms with Gasteiger partial charge in [-0.1, -0.05) is 12.1 Å². The quantitative estimate of drug-likeness (QED) is 0.826. The van der Waals surface area contributed by atoms with Crippen molar-refractivity contribution in [1.29, 1.82) is 0 Å². The third-order valence-electron chi connectivity index (χ3n) is 4.39. The van der Waals surface area contributed by atoms with Gasteiger partial charge in [-0.05, 0) is 37.0 Å². The highest BCUT2D eigenvalue weighted by molar-refractivity contribution is 7.13. The number of aromatic nitrogens is 1. The maximum Gasteiger partial charge on any atom is 0.224 e. The summed E-state index contributed by atoms with van der Waals surface area (Å²) in [5, 5.41) is 6.21. The maximum absolute atomic E-state index is 12.0. The van der Waals surface area contributed by atoms with Gasteiger partial charge >= 0.3 is 0 Å². The molecule has 134 valence electrons. The largest absolute Gasteiger partial charge is 0.497 e. The fraction of sp³-hybridized carbons (Fsp3) is 0.474. The molecule has 1 amide bonds. The van der Waals surface area contributed by atoms with Crippen molar-refractivity contribution in [3.8, 4) is 5.75 Å². The Morgan fingerprint density at radius 3 is 2.72 bits per heavy atom. The number of methoxy groups -OCH3 is 1. The van der Waals surface area contributed by atoms with Gasteiger partial charge in [0.25, 0.3) is 0 Å². The van der Waals surface area contributed by atoms with Crippen LogP contribution in [0.4, 0.5) is 5.13 Å². The van der Waals surface area contributed by atoms with Gasteiger partial charge in [-0.2, -0.15) is 0 Å². The zero-order valence-electron chi connectivity index (χ0n) is 14.7. The Balaban J connectivity index is 1.41. The van der Waals surface area contributed by atoms with Crippen LogP contribution in [-0.4, -0.2) is 37.6 Å². The van der Waals surface area contributed by atoms with E-state index in [9.17, 15) is 4.79 Å². The normalized spacial score (nSPS) is 14.4. The smallest absolute Gasteiger partial charge is 0.224 e. The highest BCUT2D eigenvalue weighted by Crippen LogP contribution is 2.24.